The minimum Gasteiger partial charge on any atom is -0.309 e. The zero-order valence-corrected chi connectivity index (χ0v) is 10.7. The van der Waals surface area contributed by atoms with Crippen LogP contribution in [0.15, 0.2) is 29.6 Å². The SMILES string of the molecule is CCNC(C)C(F)(F)c1ccc2sccc2c1. The molecule has 0 bridgehead atoms. The zero-order valence-electron chi connectivity index (χ0n) is 9.84. The van der Waals surface area contributed by atoms with Crippen molar-refractivity contribution in [3.8, 4) is 0 Å². The normalized spacial score (nSPS) is 14.1. The molecule has 0 amide bonds. The molecule has 0 aliphatic carbocycles. The van der Waals surface area contributed by atoms with Crippen LogP contribution >= 0.6 is 11.3 Å². The number of nitrogens with one attached hydrogen (secondary N) is 1. The predicted octanol–water partition coefficient (Wildman–Crippen LogP) is 3.99. The lowest BCUT2D eigenvalue weighted by molar-refractivity contribution is -0.0370. The molecule has 1 atom stereocenters. The van der Waals surface area contributed by atoms with Gasteiger partial charge in [-0.3, -0.25) is 0 Å². The van der Waals surface area contributed by atoms with Crippen molar-refractivity contribution >= 4 is 21.4 Å². The molecule has 17 heavy (non-hydrogen) atoms. The van der Waals surface area contributed by atoms with Gasteiger partial charge in [-0.1, -0.05) is 13.0 Å². The minimum atomic E-state index is -2.84. The molecule has 0 aliphatic rings. The number of rotatable bonds is 4. The Hall–Kier alpha value is -1.00. The number of benzene rings is 1. The first-order valence-electron chi connectivity index (χ1n) is 5.64. The van der Waals surface area contributed by atoms with Gasteiger partial charge in [0.15, 0.2) is 0 Å². The summed E-state index contributed by atoms with van der Waals surface area (Å²) in [6, 6.07) is 5.88. The van der Waals surface area contributed by atoms with Crippen LogP contribution in [0, 0.1) is 0 Å². The summed E-state index contributed by atoms with van der Waals surface area (Å²) in [5.41, 5.74) is 0.0804. The number of hydrogen-bond acceptors (Lipinski definition) is 2. The summed E-state index contributed by atoms with van der Waals surface area (Å²) in [4.78, 5) is 0. The standard InChI is InChI=1S/C13H15F2NS/c1-3-16-9(2)13(14,15)11-4-5-12-10(8-11)6-7-17-12/h4-9,16H,3H2,1-2H3. The lowest BCUT2D eigenvalue weighted by Crippen LogP contribution is -2.40. The molecule has 0 fully saturated rings. The van der Waals surface area contributed by atoms with Crippen LogP contribution in [0.1, 0.15) is 19.4 Å². The van der Waals surface area contributed by atoms with Gasteiger partial charge in [-0.2, -0.15) is 8.78 Å². The quantitative estimate of drug-likeness (QED) is 0.871. The second kappa shape index (κ2) is 4.70. The van der Waals surface area contributed by atoms with Gasteiger partial charge < -0.3 is 5.32 Å². The minimum absolute atomic E-state index is 0.0804. The number of halogens is 2. The number of thiophene rings is 1. The van der Waals surface area contributed by atoms with E-state index in [-0.39, 0.29) is 5.56 Å². The topological polar surface area (TPSA) is 12.0 Å². The highest BCUT2D eigenvalue weighted by atomic mass is 32.1. The average molecular weight is 255 g/mol. The monoisotopic (exact) mass is 255 g/mol. The maximum absolute atomic E-state index is 14.1. The van der Waals surface area contributed by atoms with Crippen LogP contribution in [0.4, 0.5) is 8.78 Å². The van der Waals surface area contributed by atoms with Crippen LogP contribution in [0.5, 0.6) is 0 Å². The van der Waals surface area contributed by atoms with Crippen molar-refractivity contribution in [3.63, 3.8) is 0 Å². The predicted molar refractivity (Wildman–Crippen MR) is 68.9 cm³/mol. The summed E-state index contributed by atoms with van der Waals surface area (Å²) in [5.74, 6) is -2.84. The lowest BCUT2D eigenvalue weighted by Gasteiger charge is -2.24. The van der Waals surface area contributed by atoms with E-state index >= 15 is 0 Å². The van der Waals surface area contributed by atoms with Gasteiger partial charge in [0.25, 0.3) is 5.92 Å². The summed E-state index contributed by atoms with van der Waals surface area (Å²) in [5, 5.41) is 5.58. The molecule has 0 radical (unpaired) electrons. The Morgan fingerprint density at radius 2 is 2.12 bits per heavy atom. The van der Waals surface area contributed by atoms with Gasteiger partial charge in [-0.15, -0.1) is 11.3 Å². The fourth-order valence-electron chi connectivity index (χ4n) is 1.86. The maximum Gasteiger partial charge on any atom is 0.287 e. The van der Waals surface area contributed by atoms with Gasteiger partial charge in [-0.05, 0) is 42.4 Å². The molecule has 0 saturated carbocycles. The molecule has 2 rings (SSSR count). The maximum atomic E-state index is 14.1. The first-order valence-corrected chi connectivity index (χ1v) is 6.52. The molecule has 0 aliphatic heterocycles. The molecule has 1 nitrogen and oxygen atoms in total. The van der Waals surface area contributed by atoms with Gasteiger partial charge in [0.1, 0.15) is 0 Å². The van der Waals surface area contributed by atoms with Crippen molar-refractivity contribution in [1.82, 2.24) is 5.32 Å². The van der Waals surface area contributed by atoms with Gasteiger partial charge in [0.2, 0.25) is 0 Å². The molecule has 1 unspecified atom stereocenters. The highest BCUT2D eigenvalue weighted by Crippen LogP contribution is 2.34. The van der Waals surface area contributed by atoms with E-state index in [0.29, 0.717) is 6.54 Å². The van der Waals surface area contributed by atoms with E-state index in [1.54, 1.807) is 23.5 Å². The second-order valence-electron chi connectivity index (χ2n) is 4.08. The smallest absolute Gasteiger partial charge is 0.287 e. The van der Waals surface area contributed by atoms with E-state index in [4.69, 9.17) is 0 Å². The van der Waals surface area contributed by atoms with Crippen molar-refractivity contribution < 1.29 is 8.78 Å². The van der Waals surface area contributed by atoms with Gasteiger partial charge in [-0.25, -0.2) is 0 Å². The van der Waals surface area contributed by atoms with Crippen LogP contribution in [0.25, 0.3) is 10.1 Å². The number of likely N-dealkylation sites (N-methyl/N-ethyl adjacent to an activating group) is 1. The molecule has 92 valence electrons. The summed E-state index contributed by atoms with van der Waals surface area (Å²) < 4.78 is 29.3. The molecule has 4 heteroatoms. The van der Waals surface area contributed by atoms with Crippen molar-refractivity contribution in [2.75, 3.05) is 6.54 Å². The summed E-state index contributed by atoms with van der Waals surface area (Å²) >= 11 is 1.56. The fourth-order valence-corrected chi connectivity index (χ4v) is 2.63. The summed E-state index contributed by atoms with van der Waals surface area (Å²) in [7, 11) is 0. The van der Waals surface area contributed by atoms with E-state index in [2.05, 4.69) is 5.32 Å². The third-order valence-corrected chi connectivity index (χ3v) is 3.79. The van der Waals surface area contributed by atoms with Gasteiger partial charge in [0, 0.05) is 10.3 Å². The lowest BCUT2D eigenvalue weighted by atomic mass is 10.0. The molecule has 1 heterocycles. The molecule has 1 aromatic carbocycles. The van der Waals surface area contributed by atoms with Crippen LogP contribution in [0.3, 0.4) is 0 Å². The first-order chi connectivity index (χ1) is 8.05. The zero-order chi connectivity index (χ0) is 12.5. The van der Waals surface area contributed by atoms with E-state index in [1.165, 1.54) is 13.0 Å². The van der Waals surface area contributed by atoms with Crippen LogP contribution in [-0.2, 0) is 5.92 Å². The van der Waals surface area contributed by atoms with Crippen molar-refractivity contribution in [3.05, 3.63) is 35.2 Å². The molecular formula is C13H15F2NS. The molecule has 1 aromatic heterocycles. The Morgan fingerprint density at radius 1 is 1.35 bits per heavy atom. The molecular weight excluding hydrogens is 240 g/mol. The van der Waals surface area contributed by atoms with E-state index < -0.39 is 12.0 Å². The summed E-state index contributed by atoms with van der Waals surface area (Å²) in [6.07, 6.45) is 0. The first kappa shape index (κ1) is 12.5. The third-order valence-electron chi connectivity index (χ3n) is 2.89. The Labute approximate surface area is 103 Å². The number of fused-ring (bicyclic) bond motifs is 1. The molecule has 1 N–H and O–H groups in total. The average Bonchev–Trinajstić information content (AvgIpc) is 2.76. The number of alkyl halides is 2. The third kappa shape index (κ3) is 2.33. The van der Waals surface area contributed by atoms with Crippen LogP contribution in [0.2, 0.25) is 0 Å². The van der Waals surface area contributed by atoms with E-state index in [9.17, 15) is 8.78 Å². The number of hydrogen-bond donors (Lipinski definition) is 1. The van der Waals surface area contributed by atoms with Crippen molar-refractivity contribution in [2.24, 2.45) is 0 Å². The van der Waals surface area contributed by atoms with Crippen LogP contribution in [-0.4, -0.2) is 12.6 Å². The van der Waals surface area contributed by atoms with Gasteiger partial charge >= 0.3 is 0 Å². The fraction of sp³-hybridized carbons (Fsp3) is 0.385. The van der Waals surface area contributed by atoms with Crippen molar-refractivity contribution in [1.29, 1.82) is 0 Å². The molecule has 0 saturated heterocycles. The van der Waals surface area contributed by atoms with E-state index in [0.717, 1.165) is 10.1 Å². The Bertz CT molecular complexity index is 507. The molecule has 2 aromatic rings. The Balaban J connectivity index is 2.36. The highest BCUT2D eigenvalue weighted by molar-refractivity contribution is 7.17. The van der Waals surface area contributed by atoms with E-state index in [1.807, 2.05) is 18.4 Å². The Morgan fingerprint density at radius 3 is 2.82 bits per heavy atom. The van der Waals surface area contributed by atoms with Crippen LogP contribution < -0.4 is 5.32 Å². The van der Waals surface area contributed by atoms with Crippen molar-refractivity contribution in [2.45, 2.75) is 25.8 Å². The Kier molecular flexibility index (Phi) is 3.45. The summed E-state index contributed by atoms with van der Waals surface area (Å²) in [6.45, 7) is 3.88. The molecule has 0 spiro atoms. The van der Waals surface area contributed by atoms with Gasteiger partial charge in [0.05, 0.1) is 6.04 Å². The largest absolute Gasteiger partial charge is 0.309 e. The highest BCUT2D eigenvalue weighted by Gasteiger charge is 2.37. The second-order valence-corrected chi connectivity index (χ2v) is 5.02.